The Labute approximate surface area is 161 Å². The van der Waals surface area contributed by atoms with Gasteiger partial charge in [-0.25, -0.2) is 15.0 Å². The smallest absolute Gasteiger partial charge is 0.244 e. The van der Waals surface area contributed by atoms with E-state index in [0.717, 1.165) is 22.0 Å². The lowest BCUT2D eigenvalue weighted by atomic mass is 10.3. The van der Waals surface area contributed by atoms with E-state index in [1.807, 2.05) is 24.4 Å². The lowest BCUT2D eigenvalue weighted by molar-refractivity contribution is -0.116. The van der Waals surface area contributed by atoms with E-state index in [1.165, 1.54) is 17.4 Å². The van der Waals surface area contributed by atoms with E-state index < -0.39 is 0 Å². The molecule has 0 aliphatic heterocycles. The van der Waals surface area contributed by atoms with Crippen LogP contribution in [0.3, 0.4) is 0 Å². The van der Waals surface area contributed by atoms with Gasteiger partial charge < -0.3 is 10.2 Å². The van der Waals surface area contributed by atoms with Crippen LogP contribution in [0.2, 0.25) is 0 Å². The first kappa shape index (κ1) is 18.6. The first-order valence-corrected chi connectivity index (χ1v) is 9.16. The van der Waals surface area contributed by atoms with Gasteiger partial charge >= 0.3 is 0 Å². The number of thiazole rings is 1. The predicted octanol–water partition coefficient (Wildman–Crippen LogP) is 1.83. The summed E-state index contributed by atoms with van der Waals surface area (Å²) in [6.45, 7) is 0.503. The topological polar surface area (TPSA) is 96.8 Å². The van der Waals surface area contributed by atoms with Gasteiger partial charge in [-0.1, -0.05) is 0 Å². The summed E-state index contributed by atoms with van der Waals surface area (Å²) in [5.74, 6) is 0.455. The third-order valence-corrected chi connectivity index (χ3v) is 4.41. The summed E-state index contributed by atoms with van der Waals surface area (Å²) in [6.07, 6.45) is 12.1. The highest BCUT2D eigenvalue weighted by molar-refractivity contribution is 7.13. The molecule has 0 spiro atoms. The van der Waals surface area contributed by atoms with Crippen LogP contribution in [0.15, 0.2) is 42.4 Å². The van der Waals surface area contributed by atoms with Gasteiger partial charge in [-0.05, 0) is 6.08 Å². The summed E-state index contributed by atoms with van der Waals surface area (Å²) in [6, 6.07) is 0. The van der Waals surface area contributed by atoms with E-state index in [4.69, 9.17) is 0 Å². The summed E-state index contributed by atoms with van der Waals surface area (Å²) in [5, 5.41) is 5.63. The number of amides is 1. The number of nitrogens with one attached hydrogen (secondary N) is 1. The molecule has 0 aromatic carbocycles. The molecule has 0 aliphatic rings. The molecular weight excluding hydrogens is 362 g/mol. The van der Waals surface area contributed by atoms with E-state index in [2.05, 4.69) is 30.2 Å². The number of aromatic nitrogens is 5. The van der Waals surface area contributed by atoms with Crippen LogP contribution in [0.1, 0.15) is 11.3 Å². The fraction of sp³-hybridized carbons (Fsp3) is 0.222. The summed E-state index contributed by atoms with van der Waals surface area (Å²) >= 11 is 1.51. The molecule has 0 saturated carbocycles. The second-order valence-electron chi connectivity index (χ2n) is 5.82. The number of hydrogen-bond acceptors (Lipinski definition) is 8. The number of carbonyl (C=O) groups excluding carboxylic acids is 1. The van der Waals surface area contributed by atoms with Crippen LogP contribution in [0.5, 0.6) is 0 Å². The molecule has 1 amide bonds. The molecule has 27 heavy (non-hydrogen) atoms. The molecule has 0 aliphatic carbocycles. The molecule has 138 valence electrons. The van der Waals surface area contributed by atoms with E-state index in [-0.39, 0.29) is 5.91 Å². The summed E-state index contributed by atoms with van der Waals surface area (Å²) in [7, 11) is 3.74. The largest absolute Gasteiger partial charge is 0.352 e. The summed E-state index contributed by atoms with van der Waals surface area (Å²) in [4.78, 5) is 34.9. The van der Waals surface area contributed by atoms with Crippen molar-refractivity contribution in [1.29, 1.82) is 0 Å². The number of nitrogens with zero attached hydrogens (tertiary/aromatic N) is 6. The lowest BCUT2D eigenvalue weighted by Gasteiger charge is -2.08. The van der Waals surface area contributed by atoms with Gasteiger partial charge in [0.2, 0.25) is 11.9 Å². The molecule has 3 aromatic heterocycles. The van der Waals surface area contributed by atoms with Crippen LogP contribution in [-0.2, 0) is 11.2 Å². The summed E-state index contributed by atoms with van der Waals surface area (Å²) in [5.41, 5.74) is 2.43. The van der Waals surface area contributed by atoms with Gasteiger partial charge in [-0.15, -0.1) is 11.3 Å². The van der Waals surface area contributed by atoms with E-state index in [0.29, 0.717) is 18.9 Å². The van der Waals surface area contributed by atoms with Crippen LogP contribution in [0.25, 0.3) is 16.8 Å². The van der Waals surface area contributed by atoms with E-state index in [9.17, 15) is 4.79 Å². The Morgan fingerprint density at radius 1 is 1.19 bits per heavy atom. The molecule has 0 fully saturated rings. The number of anilines is 1. The zero-order valence-electron chi connectivity index (χ0n) is 15.0. The van der Waals surface area contributed by atoms with Crippen molar-refractivity contribution in [2.75, 3.05) is 25.5 Å². The Kier molecular flexibility index (Phi) is 6.16. The van der Waals surface area contributed by atoms with Crippen molar-refractivity contribution in [3.8, 4) is 10.7 Å². The molecule has 3 heterocycles. The first-order chi connectivity index (χ1) is 13.1. The monoisotopic (exact) mass is 381 g/mol. The Balaban J connectivity index is 1.46. The van der Waals surface area contributed by atoms with Crippen LogP contribution in [-0.4, -0.2) is 51.5 Å². The van der Waals surface area contributed by atoms with E-state index >= 15 is 0 Å². The molecule has 8 nitrogen and oxygen atoms in total. The third kappa shape index (κ3) is 5.38. The minimum Gasteiger partial charge on any atom is -0.352 e. The van der Waals surface area contributed by atoms with Gasteiger partial charge in [0.05, 0.1) is 11.9 Å². The van der Waals surface area contributed by atoms with Gasteiger partial charge in [0.15, 0.2) is 0 Å². The average molecular weight is 381 g/mol. The quantitative estimate of drug-likeness (QED) is 0.624. The van der Waals surface area contributed by atoms with Crippen LogP contribution < -0.4 is 10.2 Å². The zero-order chi connectivity index (χ0) is 19.1. The van der Waals surface area contributed by atoms with Crippen molar-refractivity contribution in [1.82, 2.24) is 30.2 Å². The Morgan fingerprint density at radius 3 is 2.70 bits per heavy atom. The molecule has 0 saturated heterocycles. The van der Waals surface area contributed by atoms with E-state index in [1.54, 1.807) is 37.1 Å². The second-order valence-corrected chi connectivity index (χ2v) is 6.68. The molecule has 3 aromatic rings. The molecule has 0 unspecified atom stereocenters. The molecule has 3 rings (SSSR count). The Morgan fingerprint density at radius 2 is 2.00 bits per heavy atom. The maximum atomic E-state index is 11.9. The summed E-state index contributed by atoms with van der Waals surface area (Å²) < 4.78 is 0. The standard InChI is InChI=1S/C18H19N7OS/c1-25(2)18-22-9-13(10-23-18)3-4-16(26)21-6-5-14-12-27-17(24-14)15-11-19-7-8-20-15/h3-4,7-12H,5-6H2,1-2H3,(H,21,26). The number of hydrogen-bond donors (Lipinski definition) is 1. The second kappa shape index (κ2) is 8.95. The Hall–Kier alpha value is -3.20. The molecule has 0 bridgehead atoms. The van der Waals surface area contributed by atoms with Gasteiger partial charge in [-0.2, -0.15) is 0 Å². The van der Waals surface area contributed by atoms with Crippen molar-refractivity contribution in [3.05, 3.63) is 53.7 Å². The fourth-order valence-corrected chi connectivity index (χ4v) is 2.96. The average Bonchev–Trinajstić information content (AvgIpc) is 3.16. The highest BCUT2D eigenvalue weighted by Crippen LogP contribution is 2.20. The molecule has 1 N–H and O–H groups in total. The SMILES string of the molecule is CN(C)c1ncc(C=CC(=O)NCCc2csc(-c3cnccn3)n2)cn1. The van der Waals surface area contributed by atoms with Crippen molar-refractivity contribution in [2.24, 2.45) is 0 Å². The van der Waals surface area contributed by atoms with Crippen molar-refractivity contribution in [2.45, 2.75) is 6.42 Å². The predicted molar refractivity (Wildman–Crippen MR) is 105 cm³/mol. The minimum absolute atomic E-state index is 0.170. The van der Waals surface area contributed by atoms with Gasteiger partial charge in [-0.3, -0.25) is 14.8 Å². The van der Waals surface area contributed by atoms with Crippen molar-refractivity contribution >= 4 is 29.3 Å². The zero-order valence-corrected chi connectivity index (χ0v) is 15.8. The maximum absolute atomic E-state index is 11.9. The fourth-order valence-electron chi connectivity index (χ4n) is 2.14. The van der Waals surface area contributed by atoms with Crippen molar-refractivity contribution in [3.63, 3.8) is 0 Å². The maximum Gasteiger partial charge on any atom is 0.244 e. The molecule has 9 heteroatoms. The van der Waals surface area contributed by atoms with Gasteiger partial charge in [0.25, 0.3) is 0 Å². The van der Waals surface area contributed by atoms with Crippen LogP contribution in [0, 0.1) is 0 Å². The van der Waals surface area contributed by atoms with Crippen LogP contribution >= 0.6 is 11.3 Å². The first-order valence-electron chi connectivity index (χ1n) is 8.28. The molecule has 0 atom stereocenters. The number of rotatable bonds is 7. The van der Waals surface area contributed by atoms with Crippen molar-refractivity contribution < 1.29 is 4.79 Å². The molecule has 0 radical (unpaired) electrons. The lowest BCUT2D eigenvalue weighted by Crippen LogP contribution is -2.23. The number of carbonyl (C=O) groups is 1. The normalized spacial score (nSPS) is 10.9. The third-order valence-electron chi connectivity index (χ3n) is 3.50. The van der Waals surface area contributed by atoms with Gasteiger partial charge in [0, 0.05) is 68.9 Å². The minimum atomic E-state index is -0.170. The Bertz CT molecular complexity index is 907. The van der Waals surface area contributed by atoms with Gasteiger partial charge in [0.1, 0.15) is 10.7 Å². The highest BCUT2D eigenvalue weighted by Gasteiger charge is 2.06. The van der Waals surface area contributed by atoms with Crippen LogP contribution in [0.4, 0.5) is 5.95 Å². The molecular formula is C18H19N7OS. The highest BCUT2D eigenvalue weighted by atomic mass is 32.1.